The molecule has 1 heterocycles. The molecule has 134 valence electrons. The Morgan fingerprint density at radius 2 is 1.60 bits per heavy atom. The average molecular weight is 336 g/mol. The summed E-state index contributed by atoms with van der Waals surface area (Å²) in [6.45, 7) is 4.50. The van der Waals surface area contributed by atoms with E-state index < -0.39 is 0 Å². The number of aromatic nitrogens is 1. The van der Waals surface area contributed by atoms with Gasteiger partial charge in [0, 0.05) is 11.8 Å². The minimum absolute atomic E-state index is 0.952. The zero-order valence-corrected chi connectivity index (χ0v) is 16.0. The maximum Gasteiger partial charge on any atom is 0.0702 e. The summed E-state index contributed by atoms with van der Waals surface area (Å²) in [5.41, 5.74) is 5.09. The first kappa shape index (κ1) is 18.2. The smallest absolute Gasteiger partial charge is 0.0702 e. The summed E-state index contributed by atoms with van der Waals surface area (Å²) in [7, 11) is 0. The zero-order valence-electron chi connectivity index (χ0n) is 16.0. The average Bonchev–Trinajstić information content (AvgIpc) is 2.67. The first-order valence-corrected chi connectivity index (χ1v) is 10.3. The van der Waals surface area contributed by atoms with E-state index in [0.29, 0.717) is 0 Å². The molecule has 0 N–H and O–H groups in total. The highest BCUT2D eigenvalue weighted by Crippen LogP contribution is 2.34. The molecule has 2 unspecified atom stereocenters. The lowest BCUT2D eigenvalue weighted by Gasteiger charge is -2.29. The fourth-order valence-corrected chi connectivity index (χ4v) is 4.35. The molecule has 0 spiro atoms. The third kappa shape index (κ3) is 5.17. The summed E-state index contributed by atoms with van der Waals surface area (Å²) in [6.07, 6.45) is 14.3. The van der Waals surface area contributed by atoms with E-state index >= 15 is 0 Å². The van der Waals surface area contributed by atoms with Crippen molar-refractivity contribution in [3.05, 3.63) is 53.7 Å². The van der Waals surface area contributed by atoms with E-state index in [0.717, 1.165) is 24.0 Å². The number of aryl methyl sites for hydroxylation is 2. The number of rotatable bonds is 7. The highest BCUT2D eigenvalue weighted by atomic mass is 14.7. The van der Waals surface area contributed by atoms with Gasteiger partial charge in [0.2, 0.25) is 0 Å². The summed E-state index contributed by atoms with van der Waals surface area (Å²) < 4.78 is 0. The second kappa shape index (κ2) is 9.17. The third-order valence-electron chi connectivity index (χ3n) is 5.91. The predicted octanol–water partition coefficient (Wildman–Crippen LogP) is 6.85. The van der Waals surface area contributed by atoms with Gasteiger partial charge in [-0.05, 0) is 54.7 Å². The number of hydrogen-bond donors (Lipinski definition) is 0. The Bertz CT molecular complexity index is 624. The lowest BCUT2D eigenvalue weighted by atomic mass is 9.77. The third-order valence-corrected chi connectivity index (χ3v) is 5.91. The lowest BCUT2D eigenvalue weighted by Crippen LogP contribution is -2.16. The molecule has 2 aromatic rings. The molecule has 1 aromatic carbocycles. The molecule has 1 saturated carbocycles. The number of hydrogen-bond acceptors (Lipinski definition) is 1. The molecule has 3 rings (SSSR count). The molecule has 0 saturated heterocycles. The van der Waals surface area contributed by atoms with E-state index in [9.17, 15) is 0 Å². The molecule has 1 aliphatic carbocycles. The Morgan fingerprint density at radius 3 is 2.24 bits per heavy atom. The minimum atomic E-state index is 0.952. The van der Waals surface area contributed by atoms with Crippen LogP contribution in [0.25, 0.3) is 11.3 Å². The summed E-state index contributed by atoms with van der Waals surface area (Å²) in [6, 6.07) is 13.4. The van der Waals surface area contributed by atoms with Crippen LogP contribution >= 0.6 is 0 Å². The van der Waals surface area contributed by atoms with Crippen LogP contribution in [0, 0.1) is 11.8 Å². The van der Waals surface area contributed by atoms with Gasteiger partial charge < -0.3 is 0 Å². The Hall–Kier alpha value is -1.63. The lowest BCUT2D eigenvalue weighted by molar-refractivity contribution is 0.243. The normalized spacial score (nSPS) is 20.6. The van der Waals surface area contributed by atoms with E-state index in [-0.39, 0.29) is 0 Å². The predicted molar refractivity (Wildman–Crippen MR) is 108 cm³/mol. The van der Waals surface area contributed by atoms with Crippen molar-refractivity contribution in [1.82, 2.24) is 4.98 Å². The quantitative estimate of drug-likeness (QED) is 0.539. The monoisotopic (exact) mass is 335 g/mol. The Kier molecular flexibility index (Phi) is 6.67. The first-order chi connectivity index (χ1) is 12.3. The molecular formula is C24H33N. The van der Waals surface area contributed by atoms with Crippen LogP contribution in [0.1, 0.15) is 69.9 Å². The number of nitrogens with zero attached hydrogens (tertiary/aromatic N) is 1. The van der Waals surface area contributed by atoms with Crippen LogP contribution in [0.5, 0.6) is 0 Å². The van der Waals surface area contributed by atoms with E-state index in [1.807, 2.05) is 6.20 Å². The molecule has 1 aromatic heterocycles. The van der Waals surface area contributed by atoms with Gasteiger partial charge in [-0.1, -0.05) is 76.3 Å². The van der Waals surface area contributed by atoms with Crippen LogP contribution in [-0.4, -0.2) is 4.98 Å². The van der Waals surface area contributed by atoms with Crippen molar-refractivity contribution in [2.75, 3.05) is 0 Å². The van der Waals surface area contributed by atoms with Crippen molar-refractivity contribution < 1.29 is 0 Å². The fraction of sp³-hybridized carbons (Fsp3) is 0.542. The van der Waals surface area contributed by atoms with Crippen molar-refractivity contribution >= 4 is 0 Å². The van der Waals surface area contributed by atoms with Gasteiger partial charge in [-0.2, -0.15) is 0 Å². The van der Waals surface area contributed by atoms with Crippen LogP contribution in [-0.2, 0) is 12.8 Å². The molecule has 0 bridgehead atoms. The molecule has 0 amide bonds. The van der Waals surface area contributed by atoms with Crippen molar-refractivity contribution in [3.8, 4) is 11.3 Å². The largest absolute Gasteiger partial charge is 0.256 e. The Labute approximate surface area is 153 Å². The molecular weight excluding hydrogens is 302 g/mol. The molecule has 2 atom stereocenters. The van der Waals surface area contributed by atoms with E-state index in [2.05, 4.69) is 55.2 Å². The highest BCUT2D eigenvalue weighted by Gasteiger charge is 2.21. The van der Waals surface area contributed by atoms with Gasteiger partial charge in [0.1, 0.15) is 0 Å². The summed E-state index contributed by atoms with van der Waals surface area (Å²) >= 11 is 0. The van der Waals surface area contributed by atoms with Gasteiger partial charge in [0.25, 0.3) is 0 Å². The van der Waals surface area contributed by atoms with Crippen molar-refractivity contribution in [1.29, 1.82) is 0 Å². The Morgan fingerprint density at radius 1 is 0.880 bits per heavy atom. The van der Waals surface area contributed by atoms with Crippen molar-refractivity contribution in [2.45, 2.75) is 71.6 Å². The van der Waals surface area contributed by atoms with Crippen LogP contribution in [0.15, 0.2) is 42.6 Å². The minimum Gasteiger partial charge on any atom is -0.256 e. The van der Waals surface area contributed by atoms with Crippen molar-refractivity contribution in [3.63, 3.8) is 0 Å². The maximum absolute atomic E-state index is 4.59. The van der Waals surface area contributed by atoms with Gasteiger partial charge in [-0.25, -0.2) is 0 Å². The molecule has 0 radical (unpaired) electrons. The number of benzene rings is 1. The fourth-order valence-electron chi connectivity index (χ4n) is 4.35. The molecule has 1 heteroatoms. The summed E-state index contributed by atoms with van der Waals surface area (Å²) in [5.74, 6) is 1.96. The molecule has 1 aliphatic rings. The zero-order chi connectivity index (χ0) is 17.5. The molecule has 0 aliphatic heterocycles. The van der Waals surface area contributed by atoms with E-state index in [4.69, 9.17) is 0 Å². The first-order valence-electron chi connectivity index (χ1n) is 10.3. The maximum atomic E-state index is 4.59. The van der Waals surface area contributed by atoms with Gasteiger partial charge in [0.05, 0.1) is 5.69 Å². The second-order valence-corrected chi connectivity index (χ2v) is 7.83. The topological polar surface area (TPSA) is 12.9 Å². The SMILES string of the molecule is CCCC1CCCC(CCc2ccc(-c3ccc(CC)cn3)cc2)C1. The van der Waals surface area contributed by atoms with E-state index in [1.54, 1.807) is 0 Å². The van der Waals surface area contributed by atoms with Crippen LogP contribution in [0.3, 0.4) is 0 Å². The molecule has 1 nitrogen and oxygen atoms in total. The van der Waals surface area contributed by atoms with Crippen LogP contribution < -0.4 is 0 Å². The standard InChI is InChI=1S/C24H33N/c1-3-6-21-7-5-8-22(17-21)10-9-20-11-14-23(15-12-20)24-16-13-19(4-2)18-25-24/h11-16,18,21-22H,3-10,17H2,1-2H3. The summed E-state index contributed by atoms with van der Waals surface area (Å²) in [5, 5.41) is 0. The van der Waals surface area contributed by atoms with Crippen molar-refractivity contribution in [2.24, 2.45) is 11.8 Å². The van der Waals surface area contributed by atoms with Crippen LogP contribution in [0.4, 0.5) is 0 Å². The summed E-state index contributed by atoms with van der Waals surface area (Å²) in [4.78, 5) is 4.59. The van der Waals surface area contributed by atoms with Crippen LogP contribution in [0.2, 0.25) is 0 Å². The van der Waals surface area contributed by atoms with Gasteiger partial charge in [-0.3, -0.25) is 4.98 Å². The molecule has 1 fully saturated rings. The van der Waals surface area contributed by atoms with Gasteiger partial charge >= 0.3 is 0 Å². The van der Waals surface area contributed by atoms with Gasteiger partial charge in [0.15, 0.2) is 0 Å². The number of pyridine rings is 1. The van der Waals surface area contributed by atoms with E-state index in [1.165, 1.54) is 68.1 Å². The highest BCUT2D eigenvalue weighted by molar-refractivity contribution is 5.59. The van der Waals surface area contributed by atoms with Gasteiger partial charge in [-0.15, -0.1) is 0 Å². The molecule has 25 heavy (non-hydrogen) atoms. The second-order valence-electron chi connectivity index (χ2n) is 7.83. The Balaban J connectivity index is 1.53.